The van der Waals surface area contributed by atoms with E-state index in [0.717, 1.165) is 17.9 Å². The maximum atomic E-state index is 6.06. The van der Waals surface area contributed by atoms with Crippen molar-refractivity contribution < 1.29 is 4.84 Å². The molecule has 2 aromatic carbocycles. The van der Waals surface area contributed by atoms with Crippen molar-refractivity contribution in [3.05, 3.63) is 77.9 Å². The summed E-state index contributed by atoms with van der Waals surface area (Å²) in [5.41, 5.74) is 2.26. The van der Waals surface area contributed by atoms with Gasteiger partial charge in [0, 0.05) is 5.56 Å². The largest absolute Gasteiger partial charge is 0.404 e. The summed E-state index contributed by atoms with van der Waals surface area (Å²) in [5, 5.41) is 2.03. The van der Waals surface area contributed by atoms with Gasteiger partial charge in [-0.3, -0.25) is 0 Å². The predicted molar refractivity (Wildman–Crippen MR) is 81.6 cm³/mol. The minimum Gasteiger partial charge on any atom is -0.404 e. The molecule has 2 aromatic rings. The van der Waals surface area contributed by atoms with E-state index in [1.54, 1.807) is 0 Å². The van der Waals surface area contributed by atoms with Crippen molar-refractivity contribution in [3.8, 4) is 0 Å². The highest BCUT2D eigenvalue weighted by molar-refractivity contribution is 5.62. The lowest BCUT2D eigenvalue weighted by Gasteiger charge is -2.28. The minimum absolute atomic E-state index is 0.110. The highest BCUT2D eigenvalue weighted by Crippen LogP contribution is 2.34. The summed E-state index contributed by atoms with van der Waals surface area (Å²) in [6.07, 6.45) is 2.19. The Kier molecular flexibility index (Phi) is 3.33. The van der Waals surface area contributed by atoms with Gasteiger partial charge in [0.05, 0.1) is 12.1 Å². The maximum Gasteiger partial charge on any atom is 0.152 e. The number of nitrogens with zero attached hydrogens (tertiary/aromatic N) is 1. The second-order valence-electron chi connectivity index (χ2n) is 5.64. The quantitative estimate of drug-likeness (QED) is 0.822. The molecule has 1 aliphatic rings. The smallest absolute Gasteiger partial charge is 0.152 e. The highest BCUT2D eigenvalue weighted by atomic mass is 16.7. The van der Waals surface area contributed by atoms with Crippen LogP contribution in [0.1, 0.15) is 25.0 Å². The Morgan fingerprint density at radius 1 is 0.900 bits per heavy atom. The van der Waals surface area contributed by atoms with Crippen molar-refractivity contribution in [3.63, 3.8) is 0 Å². The molecule has 20 heavy (non-hydrogen) atoms. The van der Waals surface area contributed by atoms with Gasteiger partial charge in [0.15, 0.2) is 5.76 Å². The summed E-state index contributed by atoms with van der Waals surface area (Å²) < 4.78 is 0. The Hall–Kier alpha value is -2.06. The fourth-order valence-corrected chi connectivity index (χ4v) is 2.38. The summed E-state index contributed by atoms with van der Waals surface area (Å²) in [7, 11) is 0. The van der Waals surface area contributed by atoms with Crippen LogP contribution < -0.4 is 0 Å². The van der Waals surface area contributed by atoms with Crippen molar-refractivity contribution in [2.45, 2.75) is 25.9 Å². The average Bonchev–Trinajstić information content (AvgIpc) is 2.76. The van der Waals surface area contributed by atoms with Crippen LogP contribution in [0.5, 0.6) is 0 Å². The normalized spacial score (nSPS) is 17.6. The van der Waals surface area contributed by atoms with Gasteiger partial charge in [0.1, 0.15) is 0 Å². The first-order valence-corrected chi connectivity index (χ1v) is 6.93. The summed E-state index contributed by atoms with van der Waals surface area (Å²) in [5.74, 6) is 0.937. The first-order chi connectivity index (χ1) is 9.65. The summed E-state index contributed by atoms with van der Waals surface area (Å²) in [6.45, 7) is 5.12. The van der Waals surface area contributed by atoms with E-state index in [2.05, 4.69) is 56.3 Å². The fraction of sp³-hybridized carbons (Fsp3) is 0.222. The van der Waals surface area contributed by atoms with Gasteiger partial charge in [-0.25, -0.2) is 0 Å². The maximum absolute atomic E-state index is 6.06. The average molecular weight is 265 g/mol. The van der Waals surface area contributed by atoms with Crippen LogP contribution in [0.15, 0.2) is 66.7 Å². The van der Waals surface area contributed by atoms with Gasteiger partial charge in [-0.15, -0.1) is 5.06 Å². The molecule has 0 atom stereocenters. The zero-order chi connectivity index (χ0) is 14.0. The fourth-order valence-electron chi connectivity index (χ4n) is 2.38. The predicted octanol–water partition coefficient (Wildman–Crippen LogP) is 4.25. The van der Waals surface area contributed by atoms with Gasteiger partial charge in [-0.2, -0.15) is 0 Å². The van der Waals surface area contributed by atoms with Crippen molar-refractivity contribution in [2.75, 3.05) is 0 Å². The third kappa shape index (κ3) is 2.61. The molecule has 0 aromatic heterocycles. The van der Waals surface area contributed by atoms with Crippen molar-refractivity contribution in [2.24, 2.45) is 0 Å². The SMILES string of the molecule is CC1(C)C=C(c2ccccc2)ON1Cc1ccccc1. The first kappa shape index (κ1) is 12.9. The van der Waals surface area contributed by atoms with E-state index in [1.165, 1.54) is 5.56 Å². The second-order valence-corrected chi connectivity index (χ2v) is 5.64. The number of hydroxylamine groups is 2. The second kappa shape index (κ2) is 5.14. The van der Waals surface area contributed by atoms with Crippen LogP contribution >= 0.6 is 0 Å². The van der Waals surface area contributed by atoms with Gasteiger partial charge < -0.3 is 4.84 Å². The number of rotatable bonds is 3. The molecule has 0 saturated heterocycles. The van der Waals surface area contributed by atoms with Gasteiger partial charge in [0.2, 0.25) is 0 Å². The molecule has 3 rings (SSSR count). The van der Waals surface area contributed by atoms with Crippen LogP contribution in [-0.2, 0) is 11.4 Å². The van der Waals surface area contributed by atoms with E-state index < -0.39 is 0 Å². The van der Waals surface area contributed by atoms with Gasteiger partial charge in [-0.1, -0.05) is 60.7 Å². The molecule has 1 heterocycles. The highest BCUT2D eigenvalue weighted by Gasteiger charge is 2.34. The number of benzene rings is 2. The summed E-state index contributed by atoms with van der Waals surface area (Å²) in [6, 6.07) is 20.6. The zero-order valence-corrected chi connectivity index (χ0v) is 11.9. The molecule has 2 nitrogen and oxygen atoms in total. The molecule has 0 saturated carbocycles. The molecule has 0 radical (unpaired) electrons. The lowest BCUT2D eigenvalue weighted by atomic mass is 10.0. The molecule has 0 spiro atoms. The molecule has 2 heteroatoms. The lowest BCUT2D eigenvalue weighted by molar-refractivity contribution is -0.128. The molecule has 102 valence electrons. The first-order valence-electron chi connectivity index (χ1n) is 6.93. The molecule has 1 aliphatic heterocycles. The van der Waals surface area contributed by atoms with Crippen LogP contribution in [0.25, 0.3) is 5.76 Å². The molecule has 0 N–H and O–H groups in total. The van der Waals surface area contributed by atoms with Crippen LogP contribution in [0, 0.1) is 0 Å². The van der Waals surface area contributed by atoms with E-state index in [9.17, 15) is 0 Å². The Morgan fingerprint density at radius 3 is 2.15 bits per heavy atom. The third-order valence-corrected chi connectivity index (χ3v) is 3.56. The molecular formula is C18H19NO. The van der Waals surface area contributed by atoms with E-state index in [4.69, 9.17) is 4.84 Å². The Labute approximate surface area is 120 Å². The van der Waals surface area contributed by atoms with Crippen LogP contribution in [0.3, 0.4) is 0 Å². The van der Waals surface area contributed by atoms with E-state index in [0.29, 0.717) is 0 Å². The van der Waals surface area contributed by atoms with Crippen LogP contribution in [-0.4, -0.2) is 10.6 Å². The minimum atomic E-state index is -0.110. The van der Waals surface area contributed by atoms with E-state index in [-0.39, 0.29) is 5.54 Å². The summed E-state index contributed by atoms with van der Waals surface area (Å²) >= 11 is 0. The molecule has 0 bridgehead atoms. The van der Waals surface area contributed by atoms with E-state index >= 15 is 0 Å². The Balaban J connectivity index is 1.80. The Morgan fingerprint density at radius 2 is 1.50 bits per heavy atom. The monoisotopic (exact) mass is 265 g/mol. The molecular weight excluding hydrogens is 246 g/mol. The van der Waals surface area contributed by atoms with E-state index in [1.807, 2.05) is 29.3 Å². The Bertz CT molecular complexity index is 602. The van der Waals surface area contributed by atoms with Crippen LogP contribution in [0.2, 0.25) is 0 Å². The third-order valence-electron chi connectivity index (χ3n) is 3.56. The molecule has 0 fully saturated rings. The number of hydrogen-bond acceptors (Lipinski definition) is 2. The molecule has 0 amide bonds. The zero-order valence-electron chi connectivity index (χ0n) is 11.9. The molecule has 0 aliphatic carbocycles. The van der Waals surface area contributed by atoms with Gasteiger partial charge >= 0.3 is 0 Å². The van der Waals surface area contributed by atoms with Crippen molar-refractivity contribution in [1.29, 1.82) is 0 Å². The number of hydrogen-bond donors (Lipinski definition) is 0. The van der Waals surface area contributed by atoms with Crippen LogP contribution in [0.4, 0.5) is 0 Å². The topological polar surface area (TPSA) is 12.5 Å². The van der Waals surface area contributed by atoms with Gasteiger partial charge in [-0.05, 0) is 25.5 Å². The van der Waals surface area contributed by atoms with Crippen molar-refractivity contribution >= 4 is 5.76 Å². The lowest BCUT2D eigenvalue weighted by Crippen LogP contribution is -2.36. The summed E-state index contributed by atoms with van der Waals surface area (Å²) in [4.78, 5) is 6.06. The molecule has 0 unspecified atom stereocenters. The standard InChI is InChI=1S/C18H19NO/c1-18(2)13-17(16-11-7-4-8-12-16)20-19(18)14-15-9-5-3-6-10-15/h3-13H,14H2,1-2H3. The van der Waals surface area contributed by atoms with Crippen molar-refractivity contribution in [1.82, 2.24) is 5.06 Å². The van der Waals surface area contributed by atoms with Gasteiger partial charge in [0.25, 0.3) is 0 Å².